The first-order chi connectivity index (χ1) is 13.9. The van der Waals surface area contributed by atoms with Crippen molar-refractivity contribution in [1.29, 1.82) is 0 Å². The molecule has 0 fully saturated rings. The van der Waals surface area contributed by atoms with Crippen LogP contribution in [0.3, 0.4) is 0 Å². The van der Waals surface area contributed by atoms with Crippen LogP contribution in [-0.4, -0.2) is 18.4 Å². The number of para-hydroxylation sites is 2. The Bertz CT molecular complexity index is 1270. The first kappa shape index (κ1) is 18.9. The van der Waals surface area contributed by atoms with Gasteiger partial charge in [0.2, 0.25) is 0 Å². The molecule has 2 heterocycles. The van der Waals surface area contributed by atoms with Crippen molar-refractivity contribution in [3.63, 3.8) is 0 Å². The van der Waals surface area contributed by atoms with Crippen molar-refractivity contribution < 1.29 is 12.8 Å². The minimum absolute atomic E-state index is 0.135. The van der Waals surface area contributed by atoms with Gasteiger partial charge in [-0.05, 0) is 55.3 Å². The van der Waals surface area contributed by atoms with Gasteiger partial charge in [0, 0.05) is 0 Å². The Hall–Kier alpha value is -3.39. The molecular formula is C21H20N4O3S. The van der Waals surface area contributed by atoms with Crippen molar-refractivity contribution in [3.05, 3.63) is 77.7 Å². The van der Waals surface area contributed by atoms with Gasteiger partial charge in [-0.15, -0.1) is 0 Å². The molecular weight excluding hydrogens is 388 g/mol. The summed E-state index contributed by atoms with van der Waals surface area (Å²) in [4.78, 5) is 9.25. The van der Waals surface area contributed by atoms with E-state index in [4.69, 9.17) is 4.42 Å². The van der Waals surface area contributed by atoms with Crippen molar-refractivity contribution in [2.75, 3.05) is 10.0 Å². The maximum absolute atomic E-state index is 13.1. The minimum Gasteiger partial charge on any atom is -0.467 e. The van der Waals surface area contributed by atoms with Crippen LogP contribution in [0.5, 0.6) is 0 Å². The number of nitrogens with one attached hydrogen (secondary N) is 2. The zero-order valence-corrected chi connectivity index (χ0v) is 16.8. The number of furan rings is 1. The molecule has 0 radical (unpaired) electrons. The molecule has 29 heavy (non-hydrogen) atoms. The van der Waals surface area contributed by atoms with Crippen LogP contribution in [0, 0.1) is 13.8 Å². The summed E-state index contributed by atoms with van der Waals surface area (Å²) < 4.78 is 34.1. The Balaban J connectivity index is 1.74. The van der Waals surface area contributed by atoms with Crippen LogP contribution in [0.4, 0.5) is 11.6 Å². The number of aromatic nitrogens is 2. The van der Waals surface area contributed by atoms with Crippen molar-refractivity contribution in [2.45, 2.75) is 25.3 Å². The molecule has 0 amide bonds. The summed E-state index contributed by atoms with van der Waals surface area (Å²) in [5.41, 5.74) is 2.76. The second-order valence-corrected chi connectivity index (χ2v) is 8.37. The molecule has 0 unspecified atom stereocenters. The molecule has 2 aromatic carbocycles. The first-order valence-electron chi connectivity index (χ1n) is 9.05. The highest BCUT2D eigenvalue weighted by molar-refractivity contribution is 7.92. The largest absolute Gasteiger partial charge is 0.467 e. The summed E-state index contributed by atoms with van der Waals surface area (Å²) in [6.45, 7) is 3.96. The van der Waals surface area contributed by atoms with Crippen LogP contribution in [0.1, 0.15) is 16.9 Å². The highest BCUT2D eigenvalue weighted by atomic mass is 32.2. The molecule has 0 aliphatic carbocycles. The lowest BCUT2D eigenvalue weighted by Gasteiger charge is -2.14. The molecule has 0 spiro atoms. The Morgan fingerprint density at radius 3 is 2.34 bits per heavy atom. The van der Waals surface area contributed by atoms with Crippen LogP contribution < -0.4 is 10.0 Å². The molecule has 0 aliphatic heterocycles. The monoisotopic (exact) mass is 408 g/mol. The highest BCUT2D eigenvalue weighted by Gasteiger charge is 2.21. The number of hydrogen-bond acceptors (Lipinski definition) is 6. The van der Waals surface area contributed by atoms with Crippen molar-refractivity contribution in [3.8, 4) is 0 Å². The topological polar surface area (TPSA) is 97.1 Å². The smallest absolute Gasteiger partial charge is 0.263 e. The van der Waals surface area contributed by atoms with E-state index in [2.05, 4.69) is 20.0 Å². The molecule has 0 saturated heterocycles. The fourth-order valence-electron chi connectivity index (χ4n) is 2.96. The second-order valence-electron chi connectivity index (χ2n) is 6.72. The average Bonchev–Trinajstić information content (AvgIpc) is 3.21. The Morgan fingerprint density at radius 2 is 1.66 bits per heavy atom. The summed E-state index contributed by atoms with van der Waals surface area (Å²) in [7, 11) is -3.85. The summed E-state index contributed by atoms with van der Waals surface area (Å²) >= 11 is 0. The van der Waals surface area contributed by atoms with Crippen LogP contribution in [0.2, 0.25) is 0 Å². The van der Waals surface area contributed by atoms with Crippen LogP contribution in [0.25, 0.3) is 11.0 Å². The van der Waals surface area contributed by atoms with Gasteiger partial charge in [-0.1, -0.05) is 24.3 Å². The number of aryl methyl sites for hydroxylation is 2. The molecule has 4 rings (SSSR count). The second kappa shape index (κ2) is 7.56. The molecule has 4 aromatic rings. The van der Waals surface area contributed by atoms with E-state index in [0.29, 0.717) is 34.7 Å². The van der Waals surface area contributed by atoms with Gasteiger partial charge in [0.15, 0.2) is 11.6 Å². The van der Waals surface area contributed by atoms with E-state index in [9.17, 15) is 8.42 Å². The molecule has 148 valence electrons. The van der Waals surface area contributed by atoms with Crippen LogP contribution in [-0.2, 0) is 16.6 Å². The molecule has 0 saturated carbocycles. The lowest BCUT2D eigenvalue weighted by atomic mass is 10.2. The van der Waals surface area contributed by atoms with E-state index in [-0.39, 0.29) is 10.7 Å². The van der Waals surface area contributed by atoms with E-state index >= 15 is 0 Å². The lowest BCUT2D eigenvalue weighted by Crippen LogP contribution is -2.17. The van der Waals surface area contributed by atoms with Crippen molar-refractivity contribution in [1.82, 2.24) is 9.97 Å². The minimum atomic E-state index is -3.85. The molecule has 2 aromatic heterocycles. The van der Waals surface area contributed by atoms with Gasteiger partial charge in [0.25, 0.3) is 10.0 Å². The summed E-state index contributed by atoms with van der Waals surface area (Å²) in [6, 6.07) is 16.2. The predicted molar refractivity (Wildman–Crippen MR) is 112 cm³/mol. The summed E-state index contributed by atoms with van der Waals surface area (Å²) in [6.07, 6.45) is 1.58. The number of benzene rings is 2. The highest BCUT2D eigenvalue weighted by Crippen LogP contribution is 2.26. The zero-order valence-electron chi connectivity index (χ0n) is 16.0. The van der Waals surface area contributed by atoms with E-state index in [0.717, 1.165) is 5.56 Å². The van der Waals surface area contributed by atoms with Gasteiger partial charge >= 0.3 is 0 Å². The van der Waals surface area contributed by atoms with Gasteiger partial charge in [-0.2, -0.15) is 0 Å². The molecule has 2 N–H and O–H groups in total. The Kier molecular flexibility index (Phi) is 4.94. The van der Waals surface area contributed by atoms with E-state index in [1.807, 2.05) is 37.3 Å². The maximum atomic E-state index is 13.1. The van der Waals surface area contributed by atoms with E-state index in [1.165, 1.54) is 0 Å². The predicted octanol–water partition coefficient (Wildman–Crippen LogP) is 4.25. The molecule has 0 bridgehead atoms. The third kappa shape index (κ3) is 4.07. The average molecular weight is 408 g/mol. The molecule has 7 nitrogen and oxygen atoms in total. The number of sulfonamides is 1. The number of nitrogens with zero attached hydrogens (tertiary/aromatic N) is 2. The van der Waals surface area contributed by atoms with E-state index in [1.54, 1.807) is 37.5 Å². The molecule has 0 aliphatic rings. The fraction of sp³-hybridized carbons (Fsp3) is 0.143. The van der Waals surface area contributed by atoms with Crippen LogP contribution >= 0.6 is 0 Å². The number of fused-ring (bicyclic) bond motifs is 1. The van der Waals surface area contributed by atoms with Gasteiger partial charge < -0.3 is 9.73 Å². The van der Waals surface area contributed by atoms with Crippen molar-refractivity contribution in [2.24, 2.45) is 0 Å². The first-order valence-corrected chi connectivity index (χ1v) is 10.5. The Morgan fingerprint density at radius 1 is 0.931 bits per heavy atom. The summed E-state index contributed by atoms with van der Waals surface area (Å²) in [5.74, 6) is 1.16. The summed E-state index contributed by atoms with van der Waals surface area (Å²) in [5, 5.41) is 3.11. The zero-order chi connectivity index (χ0) is 20.4. The number of rotatable bonds is 6. The molecule has 0 atom stereocenters. The van der Waals surface area contributed by atoms with Gasteiger partial charge in [0.1, 0.15) is 5.76 Å². The van der Waals surface area contributed by atoms with Gasteiger partial charge in [-0.25, -0.2) is 18.4 Å². The maximum Gasteiger partial charge on any atom is 0.263 e. The van der Waals surface area contributed by atoms with Crippen LogP contribution in [0.15, 0.2) is 70.2 Å². The standard InChI is InChI=1S/C21H20N4O3S/c1-14-9-10-15(2)19(12-14)29(26,27)25-21-20(22-13-16-6-5-11-28-16)23-17-7-3-4-8-18(17)24-21/h3-12H,13H2,1-2H3,(H,22,23)(H,24,25). The van der Waals surface area contributed by atoms with Crippen molar-refractivity contribution >= 4 is 32.7 Å². The molecule has 8 heteroatoms. The lowest BCUT2D eigenvalue weighted by molar-refractivity contribution is 0.518. The third-order valence-corrected chi connectivity index (χ3v) is 5.93. The van der Waals surface area contributed by atoms with Gasteiger partial charge in [0.05, 0.1) is 28.7 Å². The fourth-order valence-corrected chi connectivity index (χ4v) is 4.30. The number of anilines is 2. The third-order valence-electron chi connectivity index (χ3n) is 4.44. The Labute approximate surface area is 168 Å². The van der Waals surface area contributed by atoms with Gasteiger partial charge in [-0.3, -0.25) is 4.72 Å². The number of hydrogen-bond donors (Lipinski definition) is 2. The van der Waals surface area contributed by atoms with E-state index < -0.39 is 10.0 Å². The SMILES string of the molecule is Cc1ccc(C)c(S(=O)(=O)Nc2nc3ccccc3nc2NCc2ccco2)c1. The normalized spacial score (nSPS) is 11.5. The quantitative estimate of drug-likeness (QED) is 0.495.